The molecule has 1 heterocycles. The Morgan fingerprint density at radius 2 is 1.84 bits per heavy atom. The lowest BCUT2D eigenvalue weighted by Crippen LogP contribution is -2.11. The van der Waals surface area contributed by atoms with Gasteiger partial charge in [-0.3, -0.25) is 4.98 Å². The third-order valence-corrected chi connectivity index (χ3v) is 4.04. The van der Waals surface area contributed by atoms with Crippen LogP contribution in [0.4, 0.5) is 0 Å². The van der Waals surface area contributed by atoms with Crippen LogP contribution in [0.15, 0.2) is 54.9 Å². The molecule has 1 aliphatic rings. The third kappa shape index (κ3) is 3.02. The van der Waals surface area contributed by atoms with Crippen LogP contribution in [-0.2, 0) is 6.42 Å². The number of aliphatic hydroxyl groups is 1. The summed E-state index contributed by atoms with van der Waals surface area (Å²) in [5, 5.41) is 10.3. The maximum Gasteiger partial charge on any atom is 0.0577 e. The molecule has 0 radical (unpaired) electrons. The van der Waals surface area contributed by atoms with Crippen LogP contribution >= 0.6 is 0 Å². The molecule has 3 rings (SSSR count). The molecule has 0 saturated heterocycles. The number of nitrogens with zero attached hydrogens (tertiary/aromatic N) is 1. The normalized spacial score (nSPS) is 23.0. The van der Waals surface area contributed by atoms with Crippen LogP contribution in [0.1, 0.15) is 29.9 Å². The van der Waals surface area contributed by atoms with Gasteiger partial charge in [0.15, 0.2) is 0 Å². The number of pyridine rings is 1. The van der Waals surface area contributed by atoms with E-state index < -0.39 is 0 Å². The van der Waals surface area contributed by atoms with Crippen LogP contribution in [0.2, 0.25) is 0 Å². The summed E-state index contributed by atoms with van der Waals surface area (Å²) < 4.78 is 0. The number of aryl methyl sites for hydroxylation is 1. The predicted octanol–water partition coefficient (Wildman–Crippen LogP) is 3.18. The second-order valence-corrected chi connectivity index (χ2v) is 5.38. The van der Waals surface area contributed by atoms with E-state index in [1.165, 1.54) is 11.1 Å². The monoisotopic (exact) mass is 253 g/mol. The van der Waals surface area contributed by atoms with Gasteiger partial charge in [-0.25, -0.2) is 0 Å². The van der Waals surface area contributed by atoms with Crippen molar-refractivity contribution < 1.29 is 5.11 Å². The Hall–Kier alpha value is -1.67. The van der Waals surface area contributed by atoms with Gasteiger partial charge in [-0.2, -0.15) is 0 Å². The standard InChI is InChI=1S/C17H19NO/c19-17(7-6-13-8-10-18-11-9-13)16-12-15(16)14-4-2-1-3-5-14/h1-5,8-11,15-17,19H,6-7,12H2. The van der Waals surface area contributed by atoms with Gasteiger partial charge in [0.1, 0.15) is 0 Å². The fourth-order valence-electron chi connectivity index (χ4n) is 2.80. The molecule has 2 aromatic rings. The minimum Gasteiger partial charge on any atom is -0.393 e. The number of aromatic nitrogens is 1. The van der Waals surface area contributed by atoms with E-state index in [1.54, 1.807) is 0 Å². The zero-order chi connectivity index (χ0) is 13.1. The van der Waals surface area contributed by atoms with Gasteiger partial charge in [0, 0.05) is 12.4 Å². The van der Waals surface area contributed by atoms with Gasteiger partial charge in [-0.05, 0) is 54.4 Å². The van der Waals surface area contributed by atoms with Crippen LogP contribution in [0.3, 0.4) is 0 Å². The van der Waals surface area contributed by atoms with E-state index in [0.717, 1.165) is 19.3 Å². The topological polar surface area (TPSA) is 33.1 Å². The predicted molar refractivity (Wildman–Crippen MR) is 75.9 cm³/mol. The van der Waals surface area contributed by atoms with Crippen LogP contribution in [0, 0.1) is 5.92 Å². The molecule has 98 valence electrons. The minimum absolute atomic E-state index is 0.182. The first-order valence-corrected chi connectivity index (χ1v) is 6.96. The number of rotatable bonds is 5. The molecule has 0 spiro atoms. The molecule has 3 unspecified atom stereocenters. The van der Waals surface area contributed by atoms with Gasteiger partial charge in [-0.15, -0.1) is 0 Å². The van der Waals surface area contributed by atoms with E-state index in [1.807, 2.05) is 30.6 Å². The lowest BCUT2D eigenvalue weighted by atomic mass is 10.0. The summed E-state index contributed by atoms with van der Waals surface area (Å²) in [6.07, 6.45) is 6.34. The van der Waals surface area contributed by atoms with E-state index in [2.05, 4.69) is 29.2 Å². The lowest BCUT2D eigenvalue weighted by Gasteiger charge is -2.10. The highest BCUT2D eigenvalue weighted by Gasteiger charge is 2.42. The smallest absolute Gasteiger partial charge is 0.0577 e. The summed E-state index contributed by atoms with van der Waals surface area (Å²) in [4.78, 5) is 4.01. The van der Waals surface area contributed by atoms with E-state index in [9.17, 15) is 5.11 Å². The molecule has 19 heavy (non-hydrogen) atoms. The average Bonchev–Trinajstić information content (AvgIpc) is 3.27. The minimum atomic E-state index is -0.182. The molecule has 1 aromatic carbocycles. The van der Waals surface area contributed by atoms with Crippen LogP contribution < -0.4 is 0 Å². The molecular weight excluding hydrogens is 234 g/mol. The summed E-state index contributed by atoms with van der Waals surface area (Å²) in [5.74, 6) is 1.01. The summed E-state index contributed by atoms with van der Waals surface area (Å²) >= 11 is 0. The van der Waals surface area contributed by atoms with Crippen LogP contribution in [0.25, 0.3) is 0 Å². The van der Waals surface area contributed by atoms with Crippen molar-refractivity contribution in [2.75, 3.05) is 0 Å². The number of hydrogen-bond acceptors (Lipinski definition) is 2. The van der Waals surface area contributed by atoms with Crippen molar-refractivity contribution in [2.45, 2.75) is 31.3 Å². The quantitative estimate of drug-likeness (QED) is 0.887. The van der Waals surface area contributed by atoms with Crippen LogP contribution in [-0.4, -0.2) is 16.2 Å². The van der Waals surface area contributed by atoms with Crippen molar-refractivity contribution in [3.63, 3.8) is 0 Å². The lowest BCUT2D eigenvalue weighted by molar-refractivity contribution is 0.139. The Balaban J connectivity index is 1.52. The molecule has 0 aliphatic heterocycles. The van der Waals surface area contributed by atoms with Crippen LogP contribution in [0.5, 0.6) is 0 Å². The maximum absolute atomic E-state index is 10.3. The van der Waals surface area contributed by atoms with Crippen molar-refractivity contribution in [1.82, 2.24) is 4.98 Å². The summed E-state index contributed by atoms with van der Waals surface area (Å²) in [6, 6.07) is 14.6. The molecule has 1 aromatic heterocycles. The van der Waals surface area contributed by atoms with Crippen molar-refractivity contribution in [2.24, 2.45) is 5.92 Å². The zero-order valence-corrected chi connectivity index (χ0v) is 10.9. The Bertz CT molecular complexity index is 511. The zero-order valence-electron chi connectivity index (χ0n) is 10.9. The summed E-state index contributed by atoms with van der Waals surface area (Å²) in [6.45, 7) is 0. The Labute approximate surface area is 114 Å². The van der Waals surface area contributed by atoms with E-state index >= 15 is 0 Å². The van der Waals surface area contributed by atoms with Gasteiger partial charge in [0.05, 0.1) is 6.10 Å². The largest absolute Gasteiger partial charge is 0.393 e. The Morgan fingerprint density at radius 1 is 1.11 bits per heavy atom. The molecule has 0 amide bonds. The first-order chi connectivity index (χ1) is 9.34. The fourth-order valence-corrected chi connectivity index (χ4v) is 2.80. The molecule has 0 bridgehead atoms. The molecule has 2 nitrogen and oxygen atoms in total. The fraction of sp³-hybridized carbons (Fsp3) is 0.353. The molecule has 1 aliphatic carbocycles. The van der Waals surface area contributed by atoms with E-state index in [0.29, 0.717) is 11.8 Å². The van der Waals surface area contributed by atoms with E-state index in [4.69, 9.17) is 0 Å². The first-order valence-electron chi connectivity index (χ1n) is 6.96. The number of aliphatic hydroxyl groups excluding tert-OH is 1. The van der Waals surface area contributed by atoms with E-state index in [-0.39, 0.29) is 6.10 Å². The molecule has 3 atom stereocenters. The number of benzene rings is 1. The Morgan fingerprint density at radius 3 is 2.58 bits per heavy atom. The molecule has 1 saturated carbocycles. The second kappa shape index (κ2) is 5.54. The molecule has 1 fully saturated rings. The number of hydrogen-bond donors (Lipinski definition) is 1. The SMILES string of the molecule is OC(CCc1ccncc1)C1CC1c1ccccc1. The summed E-state index contributed by atoms with van der Waals surface area (Å²) in [7, 11) is 0. The van der Waals surface area contributed by atoms with Crippen molar-refractivity contribution in [1.29, 1.82) is 0 Å². The molecular formula is C17H19NO. The highest BCUT2D eigenvalue weighted by atomic mass is 16.3. The molecule has 1 N–H and O–H groups in total. The van der Waals surface area contributed by atoms with Gasteiger partial charge >= 0.3 is 0 Å². The molecule has 2 heteroatoms. The van der Waals surface area contributed by atoms with Gasteiger partial charge in [-0.1, -0.05) is 30.3 Å². The van der Waals surface area contributed by atoms with Gasteiger partial charge in [0.25, 0.3) is 0 Å². The average molecular weight is 253 g/mol. The Kier molecular flexibility index (Phi) is 3.60. The summed E-state index contributed by atoms with van der Waals surface area (Å²) in [5.41, 5.74) is 2.63. The maximum atomic E-state index is 10.3. The van der Waals surface area contributed by atoms with Gasteiger partial charge in [0.2, 0.25) is 0 Å². The van der Waals surface area contributed by atoms with Gasteiger partial charge < -0.3 is 5.11 Å². The third-order valence-electron chi connectivity index (χ3n) is 4.04. The second-order valence-electron chi connectivity index (χ2n) is 5.38. The van der Waals surface area contributed by atoms with Crippen molar-refractivity contribution in [3.8, 4) is 0 Å². The van der Waals surface area contributed by atoms with Crippen molar-refractivity contribution >= 4 is 0 Å². The first kappa shape index (κ1) is 12.4. The van der Waals surface area contributed by atoms with Crippen molar-refractivity contribution in [3.05, 3.63) is 66.0 Å². The highest BCUT2D eigenvalue weighted by Crippen LogP contribution is 2.50. The highest BCUT2D eigenvalue weighted by molar-refractivity contribution is 5.26.